The van der Waals surface area contributed by atoms with Gasteiger partial charge in [-0.2, -0.15) is 0 Å². The van der Waals surface area contributed by atoms with Gasteiger partial charge < -0.3 is 14.6 Å². The number of aliphatic hydroxyl groups excluding tert-OH is 1. The van der Waals surface area contributed by atoms with Gasteiger partial charge in [-0.1, -0.05) is 150 Å². The van der Waals surface area contributed by atoms with Gasteiger partial charge in [0.05, 0.1) is 13.2 Å². The molecule has 0 aliphatic carbocycles. The third-order valence-electron chi connectivity index (χ3n) is 7.70. The first kappa shape index (κ1) is 44.6. The second kappa shape index (κ2) is 39.7. The number of aliphatic hydroxyl groups is 1. The van der Waals surface area contributed by atoms with E-state index in [1.807, 2.05) is 0 Å². The average molecular weight is 653 g/mol. The van der Waals surface area contributed by atoms with Crippen LogP contribution < -0.4 is 0 Å². The van der Waals surface area contributed by atoms with Crippen molar-refractivity contribution < 1.29 is 19.4 Å². The molecule has 0 saturated carbocycles. The minimum atomic E-state index is -0.573. The molecule has 1 N–H and O–H groups in total. The molecule has 0 aliphatic heterocycles. The van der Waals surface area contributed by atoms with E-state index in [1.54, 1.807) is 0 Å². The fourth-order valence-electron chi connectivity index (χ4n) is 4.87. The Balaban J connectivity index is 3.62. The standard InChI is InChI=1S/C43H72O4/c1-3-5-7-9-11-13-15-17-19-20-21-22-23-25-27-29-31-33-35-37-39-46-41-42(40-44)47-43(45)38-36-34-32-30-28-26-24-18-16-14-12-10-8-6-4-2/h5,7,11,13,17-19,21-22,24-25,27,31,33,42,44H,3-4,6,8-10,12,14-16,20,23,26,28-30,32,34-41H2,1-2H3/b7-5-,13-11-,19-17-,22-21-,24-18-,27-25-,33-31-. The predicted octanol–water partition coefficient (Wildman–Crippen LogP) is 12.4. The van der Waals surface area contributed by atoms with Crippen LogP contribution in [0.15, 0.2) is 85.1 Å². The number of allylic oxidation sites excluding steroid dienone is 14. The first-order valence-electron chi connectivity index (χ1n) is 19.2. The number of unbranched alkanes of at least 4 members (excludes halogenated alkanes) is 12. The van der Waals surface area contributed by atoms with Crippen molar-refractivity contribution in [3.8, 4) is 0 Å². The SMILES string of the molecule is CC/C=C\C/C=C\C/C=C\C/C=C\C/C=C\C/C=C\CCCOCC(CO)OC(=O)CCCCCCC/C=C\CCCCCCCC. The molecule has 1 atom stereocenters. The molecule has 0 aromatic carbocycles. The van der Waals surface area contributed by atoms with Crippen LogP contribution in [0.25, 0.3) is 0 Å². The second-order valence-corrected chi connectivity index (χ2v) is 12.3. The molecule has 0 radical (unpaired) electrons. The molecule has 0 amide bonds. The van der Waals surface area contributed by atoms with Crippen molar-refractivity contribution in [3.63, 3.8) is 0 Å². The van der Waals surface area contributed by atoms with Gasteiger partial charge in [-0.3, -0.25) is 4.79 Å². The average Bonchev–Trinajstić information content (AvgIpc) is 3.08. The van der Waals surface area contributed by atoms with Gasteiger partial charge in [0.1, 0.15) is 6.10 Å². The molecule has 0 bridgehead atoms. The predicted molar refractivity (Wildman–Crippen MR) is 205 cm³/mol. The van der Waals surface area contributed by atoms with Crippen LogP contribution in [-0.2, 0) is 14.3 Å². The Labute approximate surface area is 290 Å². The van der Waals surface area contributed by atoms with Crippen LogP contribution in [0.3, 0.4) is 0 Å². The van der Waals surface area contributed by atoms with Crippen molar-refractivity contribution in [1.82, 2.24) is 0 Å². The third-order valence-corrected chi connectivity index (χ3v) is 7.70. The zero-order valence-corrected chi connectivity index (χ0v) is 30.5. The lowest BCUT2D eigenvalue weighted by atomic mass is 10.1. The van der Waals surface area contributed by atoms with Gasteiger partial charge in [-0.25, -0.2) is 0 Å². The summed E-state index contributed by atoms with van der Waals surface area (Å²) >= 11 is 0. The van der Waals surface area contributed by atoms with E-state index in [4.69, 9.17) is 9.47 Å². The topological polar surface area (TPSA) is 55.8 Å². The summed E-state index contributed by atoms with van der Waals surface area (Å²) < 4.78 is 11.1. The summed E-state index contributed by atoms with van der Waals surface area (Å²) in [5, 5.41) is 9.56. The van der Waals surface area contributed by atoms with E-state index in [-0.39, 0.29) is 19.2 Å². The molecular formula is C43H72O4. The molecule has 0 aromatic rings. The normalized spacial score (nSPS) is 13.3. The molecule has 268 valence electrons. The van der Waals surface area contributed by atoms with Crippen LogP contribution in [0.4, 0.5) is 0 Å². The summed E-state index contributed by atoms with van der Waals surface area (Å²) in [6, 6.07) is 0. The summed E-state index contributed by atoms with van der Waals surface area (Å²) in [6.45, 7) is 5.06. The van der Waals surface area contributed by atoms with Gasteiger partial charge >= 0.3 is 5.97 Å². The van der Waals surface area contributed by atoms with Crippen LogP contribution in [0.5, 0.6) is 0 Å². The Morgan fingerprint density at radius 3 is 1.47 bits per heavy atom. The maximum absolute atomic E-state index is 12.1. The highest BCUT2D eigenvalue weighted by molar-refractivity contribution is 5.69. The minimum absolute atomic E-state index is 0.203. The van der Waals surface area contributed by atoms with Gasteiger partial charge in [-0.05, 0) is 83.5 Å². The third kappa shape index (κ3) is 37.9. The molecule has 0 aliphatic rings. The Kier molecular flexibility index (Phi) is 37.7. The van der Waals surface area contributed by atoms with Gasteiger partial charge in [0.15, 0.2) is 0 Å². The van der Waals surface area contributed by atoms with E-state index in [1.165, 1.54) is 57.8 Å². The highest BCUT2D eigenvalue weighted by Gasteiger charge is 2.13. The van der Waals surface area contributed by atoms with Gasteiger partial charge in [0.2, 0.25) is 0 Å². The Morgan fingerprint density at radius 1 is 0.532 bits per heavy atom. The van der Waals surface area contributed by atoms with Crippen molar-refractivity contribution in [2.24, 2.45) is 0 Å². The molecular weight excluding hydrogens is 580 g/mol. The largest absolute Gasteiger partial charge is 0.457 e. The van der Waals surface area contributed by atoms with Crippen molar-refractivity contribution >= 4 is 5.97 Å². The van der Waals surface area contributed by atoms with E-state index >= 15 is 0 Å². The van der Waals surface area contributed by atoms with Crippen molar-refractivity contribution in [1.29, 1.82) is 0 Å². The number of esters is 1. The summed E-state index contributed by atoms with van der Waals surface area (Å²) in [5.41, 5.74) is 0. The molecule has 0 heterocycles. The molecule has 0 aromatic heterocycles. The molecule has 0 rings (SSSR count). The maximum Gasteiger partial charge on any atom is 0.306 e. The summed E-state index contributed by atoms with van der Waals surface area (Å²) in [6.07, 6.45) is 54.9. The molecule has 4 heteroatoms. The Morgan fingerprint density at radius 2 is 0.957 bits per heavy atom. The smallest absolute Gasteiger partial charge is 0.306 e. The Bertz CT molecular complexity index is 861. The fraction of sp³-hybridized carbons (Fsp3) is 0.651. The van der Waals surface area contributed by atoms with Crippen molar-refractivity contribution in [2.45, 2.75) is 161 Å². The zero-order valence-electron chi connectivity index (χ0n) is 30.5. The lowest BCUT2D eigenvalue weighted by Gasteiger charge is -2.15. The molecule has 0 fully saturated rings. The van der Waals surface area contributed by atoms with Crippen molar-refractivity contribution in [3.05, 3.63) is 85.1 Å². The second-order valence-electron chi connectivity index (χ2n) is 12.3. The van der Waals surface area contributed by atoms with Crippen LogP contribution in [0.1, 0.15) is 155 Å². The van der Waals surface area contributed by atoms with E-state index in [2.05, 4.69) is 98.9 Å². The number of hydrogen-bond donors (Lipinski definition) is 1. The quantitative estimate of drug-likeness (QED) is 0.0427. The lowest BCUT2D eigenvalue weighted by Crippen LogP contribution is -2.27. The zero-order chi connectivity index (χ0) is 34.1. The number of rotatable bonds is 34. The first-order valence-corrected chi connectivity index (χ1v) is 19.2. The van der Waals surface area contributed by atoms with Crippen LogP contribution in [0, 0.1) is 0 Å². The number of hydrogen-bond acceptors (Lipinski definition) is 4. The van der Waals surface area contributed by atoms with Gasteiger partial charge in [0.25, 0.3) is 0 Å². The van der Waals surface area contributed by atoms with E-state index in [0.717, 1.165) is 77.0 Å². The van der Waals surface area contributed by atoms with Crippen LogP contribution in [0.2, 0.25) is 0 Å². The minimum Gasteiger partial charge on any atom is -0.457 e. The number of carbonyl (C=O) groups is 1. The lowest BCUT2D eigenvalue weighted by molar-refractivity contribution is -0.154. The number of carbonyl (C=O) groups excluding carboxylic acids is 1. The fourth-order valence-corrected chi connectivity index (χ4v) is 4.87. The molecule has 47 heavy (non-hydrogen) atoms. The van der Waals surface area contributed by atoms with Crippen LogP contribution >= 0.6 is 0 Å². The van der Waals surface area contributed by atoms with E-state index in [9.17, 15) is 9.90 Å². The van der Waals surface area contributed by atoms with E-state index < -0.39 is 6.10 Å². The molecule has 1 unspecified atom stereocenters. The van der Waals surface area contributed by atoms with Crippen LogP contribution in [-0.4, -0.2) is 37.0 Å². The highest BCUT2D eigenvalue weighted by Crippen LogP contribution is 2.11. The summed E-state index contributed by atoms with van der Waals surface area (Å²) in [4.78, 5) is 12.1. The van der Waals surface area contributed by atoms with Crippen molar-refractivity contribution in [2.75, 3.05) is 19.8 Å². The van der Waals surface area contributed by atoms with Gasteiger partial charge in [-0.15, -0.1) is 0 Å². The summed E-state index contributed by atoms with van der Waals surface area (Å²) in [7, 11) is 0. The molecule has 0 saturated heterocycles. The monoisotopic (exact) mass is 653 g/mol. The van der Waals surface area contributed by atoms with Gasteiger partial charge in [0, 0.05) is 13.0 Å². The molecule has 0 spiro atoms. The number of ether oxygens (including phenoxy) is 2. The molecule has 4 nitrogen and oxygen atoms in total. The van der Waals surface area contributed by atoms with E-state index in [0.29, 0.717) is 13.0 Å². The first-order chi connectivity index (χ1) is 23.2. The maximum atomic E-state index is 12.1. The summed E-state index contributed by atoms with van der Waals surface area (Å²) in [5.74, 6) is -0.233. The highest BCUT2D eigenvalue weighted by atomic mass is 16.6. The Hall–Kier alpha value is -2.43.